The quantitative estimate of drug-likeness (QED) is 0.519. The molecule has 0 heterocycles. The Morgan fingerprint density at radius 1 is 1.31 bits per heavy atom. The van der Waals surface area contributed by atoms with Crippen molar-refractivity contribution in [3.05, 3.63) is 23.2 Å². The van der Waals surface area contributed by atoms with Crippen LogP contribution in [0.4, 0.5) is 5.69 Å². The predicted octanol–water partition coefficient (Wildman–Crippen LogP) is 0.568. The largest absolute Gasteiger partial charge is 0.494 e. The van der Waals surface area contributed by atoms with E-state index >= 15 is 0 Å². The van der Waals surface area contributed by atoms with Crippen molar-refractivity contribution in [2.24, 2.45) is 27.2 Å². The lowest BCUT2D eigenvalue weighted by molar-refractivity contribution is 0.416. The first-order valence-electron chi connectivity index (χ1n) is 4.31. The molecule has 0 aromatic heterocycles. The average Bonchev–Trinajstić information content (AvgIpc) is 2.20. The van der Waals surface area contributed by atoms with Gasteiger partial charge in [0.05, 0.1) is 12.1 Å². The highest BCUT2D eigenvalue weighted by molar-refractivity contribution is 6.33. The minimum absolute atomic E-state index is 0.0913. The molecule has 0 bridgehead atoms. The number of guanidine groups is 2. The van der Waals surface area contributed by atoms with Gasteiger partial charge < -0.3 is 21.9 Å². The van der Waals surface area contributed by atoms with Crippen LogP contribution >= 0.6 is 11.6 Å². The first-order chi connectivity index (χ1) is 7.54. The Morgan fingerprint density at radius 3 is 2.56 bits per heavy atom. The summed E-state index contributed by atoms with van der Waals surface area (Å²) in [5.41, 5.74) is 16.2. The zero-order valence-corrected chi connectivity index (χ0v) is 9.40. The number of aliphatic imine (C=N–C) groups is 2. The van der Waals surface area contributed by atoms with Crippen molar-refractivity contribution >= 4 is 29.2 Å². The Morgan fingerprint density at radius 2 is 2.00 bits per heavy atom. The van der Waals surface area contributed by atoms with Gasteiger partial charge in [0.25, 0.3) is 0 Å². The van der Waals surface area contributed by atoms with Gasteiger partial charge >= 0.3 is 0 Å². The molecule has 0 aliphatic heterocycles. The molecule has 0 fully saturated rings. The molecule has 1 aromatic carbocycles. The summed E-state index contributed by atoms with van der Waals surface area (Å²) >= 11 is 5.94. The fraction of sp³-hybridized carbons (Fsp3) is 0.111. The minimum Gasteiger partial charge on any atom is -0.494 e. The van der Waals surface area contributed by atoms with Crippen LogP contribution in [0, 0.1) is 0 Å². The summed E-state index contributed by atoms with van der Waals surface area (Å²) in [5.74, 6) is 0.222. The van der Waals surface area contributed by atoms with Crippen molar-refractivity contribution in [2.75, 3.05) is 7.11 Å². The molecule has 86 valence electrons. The van der Waals surface area contributed by atoms with Gasteiger partial charge in [-0.25, -0.2) is 4.99 Å². The summed E-state index contributed by atoms with van der Waals surface area (Å²) < 4.78 is 5.07. The second-order valence-corrected chi connectivity index (χ2v) is 3.20. The molecule has 6 nitrogen and oxygen atoms in total. The number of hydrogen-bond donors (Lipinski definition) is 3. The topological polar surface area (TPSA) is 112 Å². The third-order valence-electron chi connectivity index (χ3n) is 1.64. The molecular weight excluding hydrogens is 230 g/mol. The van der Waals surface area contributed by atoms with Gasteiger partial charge in [-0.15, -0.1) is 0 Å². The maximum absolute atomic E-state index is 5.94. The number of halogens is 1. The van der Waals surface area contributed by atoms with E-state index in [1.165, 1.54) is 7.11 Å². The number of ether oxygens (including phenoxy) is 1. The Kier molecular flexibility index (Phi) is 3.96. The fourth-order valence-electron chi connectivity index (χ4n) is 1.04. The lowest BCUT2D eigenvalue weighted by Crippen LogP contribution is -2.26. The predicted molar refractivity (Wildman–Crippen MR) is 65.1 cm³/mol. The van der Waals surface area contributed by atoms with Crippen molar-refractivity contribution in [1.82, 2.24) is 0 Å². The highest BCUT2D eigenvalue weighted by Crippen LogP contribution is 2.34. The van der Waals surface area contributed by atoms with Crippen LogP contribution in [0.3, 0.4) is 0 Å². The van der Waals surface area contributed by atoms with Crippen LogP contribution in [0.1, 0.15) is 0 Å². The summed E-state index contributed by atoms with van der Waals surface area (Å²) in [6.45, 7) is 0. The SMILES string of the molecule is COc1cccc(Cl)c1N=C(N)N=C(N)N. The molecule has 1 aromatic rings. The van der Waals surface area contributed by atoms with Crippen LogP contribution < -0.4 is 21.9 Å². The second-order valence-electron chi connectivity index (χ2n) is 2.80. The van der Waals surface area contributed by atoms with E-state index in [1.54, 1.807) is 18.2 Å². The molecule has 1 rings (SSSR count). The molecule has 0 amide bonds. The molecule has 0 saturated heterocycles. The molecule has 0 unspecified atom stereocenters. The third-order valence-corrected chi connectivity index (χ3v) is 1.94. The lowest BCUT2D eigenvalue weighted by atomic mass is 10.3. The number of nitrogens with zero attached hydrogens (tertiary/aromatic N) is 2. The van der Waals surface area contributed by atoms with E-state index in [2.05, 4.69) is 9.98 Å². The molecule has 6 N–H and O–H groups in total. The van der Waals surface area contributed by atoms with Crippen LogP contribution in [-0.2, 0) is 0 Å². The van der Waals surface area contributed by atoms with Gasteiger partial charge in [-0.1, -0.05) is 17.7 Å². The summed E-state index contributed by atoms with van der Waals surface area (Å²) in [4.78, 5) is 7.53. The van der Waals surface area contributed by atoms with Gasteiger partial charge in [0.15, 0.2) is 5.96 Å². The average molecular weight is 242 g/mol. The van der Waals surface area contributed by atoms with Gasteiger partial charge in [0.2, 0.25) is 5.96 Å². The van der Waals surface area contributed by atoms with Crippen LogP contribution in [0.2, 0.25) is 5.02 Å². The third kappa shape index (κ3) is 3.03. The monoisotopic (exact) mass is 241 g/mol. The Balaban J connectivity index is 3.18. The molecule has 0 radical (unpaired) electrons. The molecular formula is C9H12ClN5O. The molecule has 7 heteroatoms. The first-order valence-corrected chi connectivity index (χ1v) is 4.68. The van der Waals surface area contributed by atoms with E-state index in [4.69, 9.17) is 33.5 Å². The van der Waals surface area contributed by atoms with E-state index in [9.17, 15) is 0 Å². The normalized spacial score (nSPS) is 11.0. The molecule has 0 spiro atoms. The lowest BCUT2D eigenvalue weighted by Gasteiger charge is -2.05. The fourth-order valence-corrected chi connectivity index (χ4v) is 1.25. The van der Waals surface area contributed by atoms with E-state index in [-0.39, 0.29) is 11.9 Å². The summed E-state index contributed by atoms with van der Waals surface area (Å²) in [5, 5.41) is 0.396. The summed E-state index contributed by atoms with van der Waals surface area (Å²) in [6.07, 6.45) is 0. The Bertz CT molecular complexity index is 440. The van der Waals surface area contributed by atoms with Gasteiger partial charge in [-0.2, -0.15) is 4.99 Å². The number of nitrogens with two attached hydrogens (primary N) is 3. The van der Waals surface area contributed by atoms with E-state index in [0.717, 1.165) is 0 Å². The second kappa shape index (κ2) is 5.22. The number of rotatable bonds is 2. The molecule has 0 saturated carbocycles. The highest BCUT2D eigenvalue weighted by Gasteiger charge is 2.06. The Hall–Kier alpha value is -1.95. The van der Waals surface area contributed by atoms with Crippen LogP contribution in [-0.4, -0.2) is 19.0 Å². The van der Waals surface area contributed by atoms with Gasteiger partial charge in [-0.05, 0) is 12.1 Å². The molecule has 0 aliphatic rings. The van der Waals surface area contributed by atoms with Crippen molar-refractivity contribution in [1.29, 1.82) is 0 Å². The molecule has 0 atom stereocenters. The standard InChI is InChI=1S/C9H12ClN5O/c1-16-6-4-2-3-5(10)7(6)14-9(13)15-8(11)12/h2-4H,1H3,(H6,11,12,13,14,15). The summed E-state index contributed by atoms with van der Waals surface area (Å²) in [7, 11) is 1.50. The van der Waals surface area contributed by atoms with Gasteiger partial charge in [0.1, 0.15) is 11.4 Å². The molecule has 16 heavy (non-hydrogen) atoms. The smallest absolute Gasteiger partial charge is 0.223 e. The van der Waals surface area contributed by atoms with Crippen LogP contribution in [0.5, 0.6) is 5.75 Å². The van der Waals surface area contributed by atoms with Crippen LogP contribution in [0.15, 0.2) is 28.2 Å². The maximum atomic E-state index is 5.94. The van der Waals surface area contributed by atoms with Gasteiger partial charge in [-0.3, -0.25) is 0 Å². The number of benzene rings is 1. The summed E-state index contributed by atoms with van der Waals surface area (Å²) in [6, 6.07) is 5.09. The number of methoxy groups -OCH3 is 1. The van der Waals surface area contributed by atoms with Crippen molar-refractivity contribution in [3.63, 3.8) is 0 Å². The number of hydrogen-bond acceptors (Lipinski definition) is 2. The van der Waals surface area contributed by atoms with Crippen molar-refractivity contribution < 1.29 is 4.74 Å². The first kappa shape index (κ1) is 12.1. The zero-order chi connectivity index (χ0) is 12.1. The minimum atomic E-state index is -0.174. The van der Waals surface area contributed by atoms with Gasteiger partial charge in [0, 0.05) is 0 Å². The van der Waals surface area contributed by atoms with E-state index < -0.39 is 0 Å². The highest BCUT2D eigenvalue weighted by atomic mass is 35.5. The maximum Gasteiger partial charge on any atom is 0.223 e. The van der Waals surface area contributed by atoms with E-state index in [0.29, 0.717) is 16.5 Å². The number of para-hydroxylation sites is 1. The Labute approximate surface area is 97.8 Å². The van der Waals surface area contributed by atoms with Crippen molar-refractivity contribution in [2.45, 2.75) is 0 Å². The van der Waals surface area contributed by atoms with Crippen LogP contribution in [0.25, 0.3) is 0 Å². The zero-order valence-electron chi connectivity index (χ0n) is 8.64. The molecule has 0 aliphatic carbocycles. The van der Waals surface area contributed by atoms with E-state index in [1.807, 2.05) is 0 Å². The van der Waals surface area contributed by atoms with Crippen molar-refractivity contribution in [3.8, 4) is 5.75 Å².